The quantitative estimate of drug-likeness (QED) is 0.332. The molecule has 0 saturated carbocycles. The Balaban J connectivity index is 1.52. The van der Waals surface area contributed by atoms with Gasteiger partial charge in [-0.05, 0) is 31.2 Å². The van der Waals surface area contributed by atoms with E-state index in [0.29, 0.717) is 41.8 Å². The van der Waals surface area contributed by atoms with Crippen LogP contribution >= 0.6 is 0 Å². The van der Waals surface area contributed by atoms with Crippen molar-refractivity contribution < 1.29 is 23.0 Å². The van der Waals surface area contributed by atoms with E-state index in [1.807, 2.05) is 18.2 Å². The van der Waals surface area contributed by atoms with Crippen LogP contribution in [-0.2, 0) is 11.8 Å². The fourth-order valence-electron chi connectivity index (χ4n) is 4.53. The number of hydrogen-bond donors (Lipinski definition) is 3. The molecule has 0 radical (unpaired) electrons. The molecule has 1 aliphatic heterocycles. The maximum absolute atomic E-state index is 14.4. The lowest BCUT2D eigenvalue weighted by Gasteiger charge is -2.35. The minimum Gasteiger partial charge on any atom is -0.494 e. The number of nitrogens with two attached hydrogens (primary N) is 1. The normalized spacial score (nSPS) is 15.5. The van der Waals surface area contributed by atoms with E-state index >= 15 is 0 Å². The summed E-state index contributed by atoms with van der Waals surface area (Å²) < 4.78 is 41.4. The Morgan fingerprint density at radius 1 is 1.16 bits per heavy atom. The van der Waals surface area contributed by atoms with E-state index in [1.165, 1.54) is 0 Å². The molecule has 1 fully saturated rings. The predicted molar refractivity (Wildman–Crippen MR) is 141 cm³/mol. The highest BCUT2D eigenvalue weighted by Crippen LogP contribution is 2.34. The highest BCUT2D eigenvalue weighted by molar-refractivity contribution is 6.01. The summed E-state index contributed by atoms with van der Waals surface area (Å²) in [6.45, 7) is 4.17. The van der Waals surface area contributed by atoms with Crippen molar-refractivity contribution in [3.8, 4) is 5.75 Å². The van der Waals surface area contributed by atoms with Gasteiger partial charge in [0.1, 0.15) is 28.8 Å². The number of anilines is 5. The summed E-state index contributed by atoms with van der Waals surface area (Å²) in [5, 5.41) is 6.62. The number of carbonyl (C=O) groups is 1. The molecule has 1 aliphatic rings. The van der Waals surface area contributed by atoms with Crippen LogP contribution < -0.4 is 26.0 Å². The van der Waals surface area contributed by atoms with Gasteiger partial charge in [0.2, 0.25) is 5.95 Å². The standard InChI is InChI=1S/C26H27F2N7O3/c1-14-13-38-9-8-35(14)16-4-5-19(21(12-16)37-3)31-26-32-24(17-6-7-34(2)25(17)33-26)30-20-11-15(27)10-18(28)22(20)23(29)36/h4-7,10-12,14H,8-9,13H2,1-3H3,(H2,29,36)(H2,30,31,32,33)/t14-/m0/s1. The van der Waals surface area contributed by atoms with Gasteiger partial charge in [0, 0.05) is 43.7 Å². The van der Waals surface area contributed by atoms with Gasteiger partial charge in [-0.2, -0.15) is 9.97 Å². The Labute approximate surface area is 217 Å². The highest BCUT2D eigenvalue weighted by Gasteiger charge is 2.22. The number of fused-ring (bicyclic) bond motifs is 1. The van der Waals surface area contributed by atoms with Crippen LogP contribution in [0, 0.1) is 11.6 Å². The molecule has 38 heavy (non-hydrogen) atoms. The van der Waals surface area contributed by atoms with Crippen LogP contribution in [0.15, 0.2) is 42.6 Å². The van der Waals surface area contributed by atoms with Crippen LogP contribution in [0.1, 0.15) is 17.3 Å². The molecule has 12 heteroatoms. The molecule has 1 saturated heterocycles. The van der Waals surface area contributed by atoms with Crippen molar-refractivity contribution in [3.63, 3.8) is 0 Å². The third kappa shape index (κ3) is 4.77. The number of methoxy groups -OCH3 is 1. The van der Waals surface area contributed by atoms with Gasteiger partial charge >= 0.3 is 0 Å². The zero-order valence-corrected chi connectivity index (χ0v) is 21.1. The zero-order valence-electron chi connectivity index (χ0n) is 21.1. The first-order chi connectivity index (χ1) is 18.2. The monoisotopic (exact) mass is 523 g/mol. The first-order valence-corrected chi connectivity index (χ1v) is 11.9. The molecular formula is C26H27F2N7O3. The molecule has 4 N–H and O–H groups in total. The number of rotatable bonds is 7. The number of aryl methyl sites for hydroxylation is 1. The number of halogens is 2. The molecule has 0 bridgehead atoms. The number of hydrogen-bond acceptors (Lipinski definition) is 8. The van der Waals surface area contributed by atoms with Crippen LogP contribution in [0.25, 0.3) is 11.0 Å². The summed E-state index contributed by atoms with van der Waals surface area (Å²) in [6, 6.07) is 9.34. The summed E-state index contributed by atoms with van der Waals surface area (Å²) in [5.74, 6) is -1.98. The Bertz CT molecular complexity index is 1520. The number of nitrogens with zero attached hydrogens (tertiary/aromatic N) is 4. The second-order valence-electron chi connectivity index (χ2n) is 8.99. The van der Waals surface area contributed by atoms with Crippen molar-refractivity contribution in [2.24, 2.45) is 12.8 Å². The van der Waals surface area contributed by atoms with E-state index in [9.17, 15) is 13.6 Å². The van der Waals surface area contributed by atoms with E-state index in [0.717, 1.165) is 18.3 Å². The maximum atomic E-state index is 14.4. The van der Waals surface area contributed by atoms with Gasteiger partial charge in [-0.1, -0.05) is 0 Å². The average molecular weight is 524 g/mol. The van der Waals surface area contributed by atoms with Crippen LogP contribution in [0.3, 0.4) is 0 Å². The largest absolute Gasteiger partial charge is 0.494 e. The predicted octanol–water partition coefficient (Wildman–Crippen LogP) is 4.07. The molecule has 10 nitrogen and oxygen atoms in total. The fraction of sp³-hybridized carbons (Fsp3) is 0.269. The van der Waals surface area contributed by atoms with E-state index in [-0.39, 0.29) is 23.5 Å². The van der Waals surface area contributed by atoms with E-state index in [1.54, 1.807) is 31.0 Å². The Hall–Kier alpha value is -4.45. The third-order valence-electron chi connectivity index (χ3n) is 6.41. The molecule has 2 aromatic carbocycles. The lowest BCUT2D eigenvalue weighted by molar-refractivity contribution is 0.0989. The smallest absolute Gasteiger partial charge is 0.253 e. The van der Waals surface area contributed by atoms with Gasteiger partial charge in [0.15, 0.2) is 0 Å². The molecule has 0 aliphatic carbocycles. The number of nitrogens with one attached hydrogen (secondary N) is 2. The average Bonchev–Trinajstić information content (AvgIpc) is 3.25. The van der Waals surface area contributed by atoms with E-state index in [2.05, 4.69) is 32.4 Å². The van der Waals surface area contributed by atoms with Crippen molar-refractivity contribution in [1.82, 2.24) is 14.5 Å². The topological polar surface area (TPSA) is 120 Å². The number of primary amides is 1. The van der Waals surface area contributed by atoms with Gasteiger partial charge in [-0.25, -0.2) is 8.78 Å². The molecule has 0 unspecified atom stereocenters. The molecule has 3 heterocycles. The summed E-state index contributed by atoms with van der Waals surface area (Å²) in [5.41, 5.74) is 6.89. The van der Waals surface area contributed by atoms with Gasteiger partial charge in [0.05, 0.1) is 42.6 Å². The number of aromatic nitrogens is 3. The minimum absolute atomic E-state index is 0.147. The molecule has 4 aromatic rings. The van der Waals surface area contributed by atoms with Crippen molar-refractivity contribution >= 4 is 45.8 Å². The van der Waals surface area contributed by atoms with Crippen molar-refractivity contribution in [1.29, 1.82) is 0 Å². The molecule has 1 amide bonds. The molecule has 0 spiro atoms. The number of morpholine rings is 1. The molecule has 5 rings (SSSR count). The first-order valence-electron chi connectivity index (χ1n) is 11.9. The lowest BCUT2D eigenvalue weighted by atomic mass is 10.1. The molecule has 1 atom stereocenters. The summed E-state index contributed by atoms with van der Waals surface area (Å²) in [7, 11) is 3.38. The number of ether oxygens (including phenoxy) is 2. The lowest BCUT2D eigenvalue weighted by Crippen LogP contribution is -2.43. The van der Waals surface area contributed by atoms with E-state index in [4.69, 9.17) is 15.2 Å². The fourth-order valence-corrected chi connectivity index (χ4v) is 4.53. The zero-order chi connectivity index (χ0) is 27.0. The Morgan fingerprint density at radius 3 is 2.71 bits per heavy atom. The van der Waals surface area contributed by atoms with Gasteiger partial charge < -0.3 is 35.3 Å². The second kappa shape index (κ2) is 10.1. The minimum atomic E-state index is -1.07. The Kier molecular flexibility index (Phi) is 6.72. The van der Waals surface area contributed by atoms with Crippen LogP contribution in [0.2, 0.25) is 0 Å². The maximum Gasteiger partial charge on any atom is 0.253 e. The van der Waals surface area contributed by atoms with E-state index < -0.39 is 23.1 Å². The SMILES string of the molecule is COc1cc(N2CCOC[C@@H]2C)ccc1Nc1nc(Nc2cc(F)cc(F)c2C(N)=O)c2ccn(C)c2n1. The Morgan fingerprint density at radius 2 is 1.97 bits per heavy atom. The molecular weight excluding hydrogens is 496 g/mol. The van der Waals surface area contributed by atoms with Crippen molar-refractivity contribution in [2.45, 2.75) is 13.0 Å². The van der Waals surface area contributed by atoms with Crippen LogP contribution in [0.5, 0.6) is 5.75 Å². The van der Waals surface area contributed by atoms with Gasteiger partial charge in [0.25, 0.3) is 5.91 Å². The number of amides is 1. The van der Waals surface area contributed by atoms with Crippen molar-refractivity contribution in [2.75, 3.05) is 42.4 Å². The second-order valence-corrected chi connectivity index (χ2v) is 8.99. The summed E-state index contributed by atoms with van der Waals surface area (Å²) >= 11 is 0. The molecule has 2 aromatic heterocycles. The van der Waals surface area contributed by atoms with Crippen molar-refractivity contribution in [3.05, 3.63) is 59.8 Å². The number of carbonyl (C=O) groups excluding carboxylic acids is 1. The highest BCUT2D eigenvalue weighted by atomic mass is 19.1. The first kappa shape index (κ1) is 25.2. The summed E-state index contributed by atoms with van der Waals surface area (Å²) in [6.07, 6.45) is 1.77. The summed E-state index contributed by atoms with van der Waals surface area (Å²) in [4.78, 5) is 23.3. The van der Waals surface area contributed by atoms with Gasteiger partial charge in [-0.15, -0.1) is 0 Å². The molecule has 198 valence electrons. The van der Waals surface area contributed by atoms with Crippen LogP contribution in [0.4, 0.5) is 37.6 Å². The third-order valence-corrected chi connectivity index (χ3v) is 6.41. The van der Waals surface area contributed by atoms with Crippen LogP contribution in [-0.4, -0.2) is 53.4 Å². The van der Waals surface area contributed by atoms with Gasteiger partial charge in [-0.3, -0.25) is 4.79 Å². The number of benzene rings is 2.